The number of carbonyl (C=O) groups is 1. The summed E-state index contributed by atoms with van der Waals surface area (Å²) in [6, 6.07) is 1.73. The van der Waals surface area contributed by atoms with Crippen LogP contribution in [0.1, 0.15) is 35.9 Å². The lowest BCUT2D eigenvalue weighted by atomic mass is 10.2. The number of hydrogen-bond donors (Lipinski definition) is 0. The molecule has 0 aliphatic heterocycles. The fraction of sp³-hybridized carbons (Fsp3) is 0.444. The Balaban J connectivity index is 2.66. The zero-order valence-electron chi connectivity index (χ0n) is 7.27. The van der Waals surface area contributed by atoms with Gasteiger partial charge < -0.3 is 0 Å². The van der Waals surface area contributed by atoms with E-state index in [-0.39, 0.29) is 5.78 Å². The Morgan fingerprint density at radius 3 is 2.85 bits per heavy atom. The van der Waals surface area contributed by atoms with Crippen molar-refractivity contribution in [1.29, 1.82) is 0 Å². The maximum Gasteiger partial charge on any atom is 0.172 e. The van der Waals surface area contributed by atoms with Crippen molar-refractivity contribution in [3.63, 3.8) is 0 Å². The molecule has 1 aromatic heterocycles. The van der Waals surface area contributed by atoms with Gasteiger partial charge in [-0.25, -0.2) is 0 Å². The highest BCUT2D eigenvalue weighted by molar-refractivity contribution is 9.11. The number of thiophene rings is 1. The molecule has 0 saturated heterocycles. The van der Waals surface area contributed by atoms with E-state index in [0.717, 1.165) is 21.5 Å². The summed E-state index contributed by atoms with van der Waals surface area (Å²) in [4.78, 5) is 12.3. The number of carbonyl (C=O) groups excluding carboxylic acids is 1. The molecular formula is C9H10BrClOS. The molecule has 1 nitrogen and oxygen atoms in total. The second-order valence-corrected chi connectivity index (χ2v) is 5.54. The molecule has 0 aliphatic carbocycles. The van der Waals surface area contributed by atoms with Crippen LogP contribution in [0.3, 0.4) is 0 Å². The summed E-state index contributed by atoms with van der Waals surface area (Å²) < 4.78 is 0.842. The molecule has 0 atom stereocenters. The fourth-order valence-corrected chi connectivity index (χ4v) is 2.61. The molecule has 13 heavy (non-hydrogen) atoms. The van der Waals surface area contributed by atoms with Crippen molar-refractivity contribution in [2.24, 2.45) is 0 Å². The third-order valence-electron chi connectivity index (χ3n) is 1.68. The van der Waals surface area contributed by atoms with Crippen LogP contribution in [0.2, 0.25) is 5.02 Å². The van der Waals surface area contributed by atoms with E-state index in [1.165, 1.54) is 11.3 Å². The van der Waals surface area contributed by atoms with Gasteiger partial charge in [-0.15, -0.1) is 11.3 Å². The van der Waals surface area contributed by atoms with E-state index in [1.807, 2.05) is 0 Å². The van der Waals surface area contributed by atoms with Gasteiger partial charge in [0.15, 0.2) is 5.78 Å². The summed E-state index contributed by atoms with van der Waals surface area (Å²) in [5, 5.41) is 0.629. The highest BCUT2D eigenvalue weighted by Crippen LogP contribution is 2.32. The van der Waals surface area contributed by atoms with Gasteiger partial charge in [0, 0.05) is 6.42 Å². The van der Waals surface area contributed by atoms with Gasteiger partial charge in [-0.3, -0.25) is 4.79 Å². The van der Waals surface area contributed by atoms with Crippen molar-refractivity contribution in [3.05, 3.63) is 19.8 Å². The molecule has 72 valence electrons. The number of rotatable bonds is 4. The number of unbranched alkanes of at least 4 members (excludes halogenated alkanes) is 1. The van der Waals surface area contributed by atoms with E-state index in [2.05, 4.69) is 22.9 Å². The normalized spacial score (nSPS) is 10.4. The third-order valence-corrected chi connectivity index (χ3v) is 4.19. The Kier molecular flexibility index (Phi) is 4.42. The summed E-state index contributed by atoms with van der Waals surface area (Å²) in [6.45, 7) is 2.07. The standard InChI is InChI=1S/C9H10BrClOS/c1-2-3-4-7(12)8-5-6(11)9(10)13-8/h5H,2-4H2,1H3. The Hall–Kier alpha value is 0.140. The van der Waals surface area contributed by atoms with Gasteiger partial charge in [-0.05, 0) is 28.4 Å². The monoisotopic (exact) mass is 280 g/mol. The molecule has 0 bridgehead atoms. The predicted molar refractivity (Wildman–Crippen MR) is 60.9 cm³/mol. The molecule has 0 spiro atoms. The average molecular weight is 282 g/mol. The number of halogens is 2. The van der Waals surface area contributed by atoms with Crippen LogP contribution in [0, 0.1) is 0 Å². The second kappa shape index (κ2) is 5.13. The van der Waals surface area contributed by atoms with Gasteiger partial charge in [0.25, 0.3) is 0 Å². The number of hydrogen-bond acceptors (Lipinski definition) is 2. The quantitative estimate of drug-likeness (QED) is 0.741. The molecule has 1 aromatic rings. The van der Waals surface area contributed by atoms with E-state index in [0.29, 0.717) is 11.4 Å². The molecule has 0 fully saturated rings. The first-order valence-corrected chi connectivity index (χ1v) is 6.12. The average Bonchev–Trinajstić information content (AvgIpc) is 2.43. The lowest BCUT2D eigenvalue weighted by molar-refractivity contribution is 0.0983. The predicted octanol–water partition coefficient (Wildman–Crippen LogP) is 4.54. The molecule has 1 rings (SSSR count). The van der Waals surface area contributed by atoms with Gasteiger partial charge >= 0.3 is 0 Å². The van der Waals surface area contributed by atoms with Crippen molar-refractivity contribution in [2.75, 3.05) is 0 Å². The van der Waals surface area contributed by atoms with Crippen LogP contribution in [-0.4, -0.2) is 5.78 Å². The Labute approximate surface area is 95.2 Å². The Bertz CT molecular complexity index is 289. The van der Waals surface area contributed by atoms with Crippen molar-refractivity contribution in [1.82, 2.24) is 0 Å². The van der Waals surface area contributed by atoms with Gasteiger partial charge in [0.1, 0.15) is 0 Å². The fourth-order valence-electron chi connectivity index (χ4n) is 0.945. The van der Waals surface area contributed by atoms with Gasteiger partial charge in [-0.2, -0.15) is 0 Å². The maximum atomic E-state index is 11.5. The van der Waals surface area contributed by atoms with Crippen LogP contribution in [0.15, 0.2) is 9.85 Å². The van der Waals surface area contributed by atoms with E-state index in [1.54, 1.807) is 6.07 Å². The first-order valence-electron chi connectivity index (χ1n) is 4.13. The van der Waals surface area contributed by atoms with E-state index in [9.17, 15) is 4.79 Å². The first-order chi connectivity index (χ1) is 6.15. The molecule has 0 radical (unpaired) electrons. The lowest BCUT2D eigenvalue weighted by Crippen LogP contribution is -1.94. The molecule has 1 heterocycles. The summed E-state index contributed by atoms with van der Waals surface area (Å²) in [5.41, 5.74) is 0. The summed E-state index contributed by atoms with van der Waals surface area (Å²) in [7, 11) is 0. The molecule has 4 heteroatoms. The van der Waals surface area contributed by atoms with Crippen LogP contribution in [0.5, 0.6) is 0 Å². The van der Waals surface area contributed by atoms with E-state index in [4.69, 9.17) is 11.6 Å². The Morgan fingerprint density at radius 2 is 2.38 bits per heavy atom. The lowest BCUT2D eigenvalue weighted by Gasteiger charge is -1.93. The van der Waals surface area contributed by atoms with Crippen molar-refractivity contribution < 1.29 is 4.79 Å². The van der Waals surface area contributed by atoms with Gasteiger partial charge in [0.05, 0.1) is 13.7 Å². The summed E-state index contributed by atoms with van der Waals surface area (Å²) in [6.07, 6.45) is 2.62. The highest BCUT2D eigenvalue weighted by Gasteiger charge is 2.11. The third kappa shape index (κ3) is 3.08. The Morgan fingerprint density at radius 1 is 1.69 bits per heavy atom. The number of Topliss-reactive ketones (excluding diaryl/α,β-unsaturated/α-hetero) is 1. The van der Waals surface area contributed by atoms with Crippen LogP contribution in [-0.2, 0) is 0 Å². The van der Waals surface area contributed by atoms with Crippen LogP contribution in [0.25, 0.3) is 0 Å². The van der Waals surface area contributed by atoms with E-state index >= 15 is 0 Å². The summed E-state index contributed by atoms with van der Waals surface area (Å²) >= 11 is 10.5. The largest absolute Gasteiger partial charge is 0.293 e. The molecule has 0 saturated carbocycles. The van der Waals surface area contributed by atoms with Crippen LogP contribution in [0.4, 0.5) is 0 Å². The maximum absolute atomic E-state index is 11.5. The molecular weight excluding hydrogens is 272 g/mol. The minimum atomic E-state index is 0.194. The topological polar surface area (TPSA) is 17.1 Å². The van der Waals surface area contributed by atoms with Crippen molar-refractivity contribution in [2.45, 2.75) is 26.2 Å². The van der Waals surface area contributed by atoms with Gasteiger partial charge in [-0.1, -0.05) is 24.9 Å². The number of ketones is 1. The molecule has 0 unspecified atom stereocenters. The van der Waals surface area contributed by atoms with E-state index < -0.39 is 0 Å². The zero-order valence-corrected chi connectivity index (χ0v) is 10.4. The molecule has 0 aliphatic rings. The molecule has 0 amide bonds. The minimum Gasteiger partial charge on any atom is -0.293 e. The van der Waals surface area contributed by atoms with Crippen LogP contribution >= 0.6 is 38.9 Å². The van der Waals surface area contributed by atoms with Crippen molar-refractivity contribution >= 4 is 44.7 Å². The molecule has 0 N–H and O–H groups in total. The SMILES string of the molecule is CCCCC(=O)c1cc(Cl)c(Br)s1. The van der Waals surface area contributed by atoms with Gasteiger partial charge in [0.2, 0.25) is 0 Å². The van der Waals surface area contributed by atoms with Crippen molar-refractivity contribution in [3.8, 4) is 0 Å². The first kappa shape index (κ1) is 11.2. The molecule has 0 aromatic carbocycles. The zero-order chi connectivity index (χ0) is 9.84. The second-order valence-electron chi connectivity index (χ2n) is 2.76. The minimum absolute atomic E-state index is 0.194. The highest BCUT2D eigenvalue weighted by atomic mass is 79.9. The summed E-state index contributed by atoms with van der Waals surface area (Å²) in [5.74, 6) is 0.194. The van der Waals surface area contributed by atoms with Crippen LogP contribution < -0.4 is 0 Å². The smallest absolute Gasteiger partial charge is 0.172 e.